The molecule has 0 radical (unpaired) electrons. The van der Waals surface area contributed by atoms with Gasteiger partial charge in [-0.15, -0.1) is 0 Å². The third kappa shape index (κ3) is 2.63. The van der Waals surface area contributed by atoms with Crippen LogP contribution in [0.5, 0.6) is 0 Å². The van der Waals surface area contributed by atoms with E-state index in [-0.39, 0.29) is 23.5 Å². The second-order valence-electron chi connectivity index (χ2n) is 5.60. The normalized spacial score (nSPS) is 32.2. The van der Waals surface area contributed by atoms with Gasteiger partial charge in [0.05, 0.1) is 17.6 Å². The van der Waals surface area contributed by atoms with E-state index >= 15 is 0 Å². The van der Waals surface area contributed by atoms with Gasteiger partial charge in [-0.3, -0.25) is 4.79 Å². The molecule has 2 fully saturated rings. The minimum Gasteiger partial charge on any atom is -0.377 e. The Hall–Kier alpha value is -0.610. The number of carbonyl (C=O) groups is 1. The first-order valence-electron chi connectivity index (χ1n) is 6.74. The van der Waals surface area contributed by atoms with Crippen molar-refractivity contribution in [2.24, 2.45) is 17.6 Å². The first-order valence-corrected chi connectivity index (χ1v) is 6.74. The number of ether oxygens (including phenoxy) is 1. The maximum absolute atomic E-state index is 12.3. The number of hydrogen-bond acceptors (Lipinski definition) is 3. The molecule has 3 unspecified atom stereocenters. The zero-order chi connectivity index (χ0) is 12.5. The summed E-state index contributed by atoms with van der Waals surface area (Å²) in [5, 5.41) is 3.17. The van der Waals surface area contributed by atoms with E-state index < -0.39 is 0 Å². The molecule has 1 aliphatic carbocycles. The van der Waals surface area contributed by atoms with Crippen molar-refractivity contribution < 1.29 is 9.53 Å². The average molecular weight is 240 g/mol. The molecule has 4 nitrogen and oxygen atoms in total. The van der Waals surface area contributed by atoms with Gasteiger partial charge in [0.15, 0.2) is 0 Å². The van der Waals surface area contributed by atoms with Gasteiger partial charge in [-0.1, -0.05) is 6.92 Å². The highest BCUT2D eigenvalue weighted by atomic mass is 16.5. The molecule has 2 aliphatic rings. The lowest BCUT2D eigenvalue weighted by atomic mass is 9.92. The lowest BCUT2D eigenvalue weighted by Gasteiger charge is -2.31. The van der Waals surface area contributed by atoms with E-state index in [0.29, 0.717) is 19.1 Å². The highest BCUT2D eigenvalue weighted by Gasteiger charge is 2.43. The second-order valence-corrected chi connectivity index (χ2v) is 5.60. The van der Waals surface area contributed by atoms with Crippen molar-refractivity contribution in [2.45, 2.75) is 51.2 Å². The summed E-state index contributed by atoms with van der Waals surface area (Å²) in [7, 11) is 0. The molecule has 1 saturated carbocycles. The van der Waals surface area contributed by atoms with Crippen molar-refractivity contribution in [3.8, 4) is 0 Å². The van der Waals surface area contributed by atoms with E-state index in [2.05, 4.69) is 19.2 Å². The van der Waals surface area contributed by atoms with E-state index in [0.717, 1.165) is 12.8 Å². The molecule has 3 N–H and O–H groups in total. The fraction of sp³-hybridized carbons (Fsp3) is 0.923. The number of nitrogens with one attached hydrogen (secondary N) is 1. The van der Waals surface area contributed by atoms with Crippen molar-refractivity contribution in [3.05, 3.63) is 0 Å². The van der Waals surface area contributed by atoms with Crippen LogP contribution in [-0.2, 0) is 9.53 Å². The molecule has 1 saturated heterocycles. The molecule has 4 heteroatoms. The number of hydrogen-bond donors (Lipinski definition) is 2. The largest absolute Gasteiger partial charge is 0.377 e. The van der Waals surface area contributed by atoms with Crippen LogP contribution in [0, 0.1) is 11.8 Å². The number of carbonyl (C=O) groups excluding carboxylic acids is 1. The summed E-state index contributed by atoms with van der Waals surface area (Å²) in [6.07, 6.45) is 4.21. The highest BCUT2D eigenvalue weighted by molar-refractivity contribution is 5.80. The molecule has 0 aromatic carbocycles. The molecule has 1 aliphatic heterocycles. The Balaban J connectivity index is 1.95. The Morgan fingerprint density at radius 3 is 2.71 bits per heavy atom. The standard InChI is InChI=1S/C13H24N2O2/c1-3-11-10(6-7-17-11)12(16)15-13(2,8-14)9-4-5-9/h9-11H,3-8,14H2,1-2H3,(H,15,16). The third-order valence-corrected chi connectivity index (χ3v) is 4.26. The Bertz CT molecular complexity index is 291. The molecule has 3 atom stereocenters. The fourth-order valence-electron chi connectivity index (χ4n) is 2.77. The van der Waals surface area contributed by atoms with Gasteiger partial charge in [0.25, 0.3) is 0 Å². The van der Waals surface area contributed by atoms with Gasteiger partial charge >= 0.3 is 0 Å². The number of amides is 1. The summed E-state index contributed by atoms with van der Waals surface area (Å²) in [5.74, 6) is 0.720. The van der Waals surface area contributed by atoms with E-state index in [9.17, 15) is 4.79 Å². The van der Waals surface area contributed by atoms with Crippen LogP contribution in [0.4, 0.5) is 0 Å². The Morgan fingerprint density at radius 2 is 2.18 bits per heavy atom. The molecule has 0 aromatic heterocycles. The van der Waals surface area contributed by atoms with Gasteiger partial charge in [0.2, 0.25) is 5.91 Å². The Kier molecular flexibility index (Phi) is 3.73. The van der Waals surface area contributed by atoms with Crippen LogP contribution < -0.4 is 11.1 Å². The molecule has 1 heterocycles. The van der Waals surface area contributed by atoms with Crippen molar-refractivity contribution in [3.63, 3.8) is 0 Å². The monoisotopic (exact) mass is 240 g/mol. The molecule has 2 rings (SSSR count). The van der Waals surface area contributed by atoms with Crippen molar-refractivity contribution in [2.75, 3.05) is 13.2 Å². The lowest BCUT2D eigenvalue weighted by Crippen LogP contribution is -2.55. The van der Waals surface area contributed by atoms with E-state index in [1.807, 2.05) is 0 Å². The molecular weight excluding hydrogens is 216 g/mol. The third-order valence-electron chi connectivity index (χ3n) is 4.26. The summed E-state index contributed by atoms with van der Waals surface area (Å²) in [6, 6.07) is 0. The smallest absolute Gasteiger partial charge is 0.226 e. The van der Waals surface area contributed by atoms with Gasteiger partial charge < -0.3 is 15.8 Å². The van der Waals surface area contributed by atoms with Gasteiger partial charge in [0, 0.05) is 13.2 Å². The van der Waals surface area contributed by atoms with Crippen LogP contribution in [0.1, 0.15) is 39.5 Å². The summed E-state index contributed by atoms with van der Waals surface area (Å²) >= 11 is 0. The molecule has 17 heavy (non-hydrogen) atoms. The van der Waals surface area contributed by atoms with Crippen molar-refractivity contribution in [1.82, 2.24) is 5.32 Å². The highest BCUT2D eigenvalue weighted by Crippen LogP contribution is 2.39. The molecule has 0 aromatic rings. The van der Waals surface area contributed by atoms with Crippen LogP contribution in [0.2, 0.25) is 0 Å². The van der Waals surface area contributed by atoms with Crippen molar-refractivity contribution >= 4 is 5.91 Å². The maximum atomic E-state index is 12.3. The molecular formula is C13H24N2O2. The van der Waals surface area contributed by atoms with E-state index in [1.165, 1.54) is 12.8 Å². The van der Waals surface area contributed by atoms with E-state index in [4.69, 9.17) is 10.5 Å². The maximum Gasteiger partial charge on any atom is 0.226 e. The Morgan fingerprint density at radius 1 is 1.47 bits per heavy atom. The molecule has 98 valence electrons. The number of nitrogens with two attached hydrogens (primary N) is 1. The van der Waals surface area contributed by atoms with Crippen LogP contribution in [0.25, 0.3) is 0 Å². The second kappa shape index (κ2) is 4.94. The van der Waals surface area contributed by atoms with Gasteiger partial charge in [-0.05, 0) is 38.5 Å². The first-order chi connectivity index (χ1) is 8.10. The summed E-state index contributed by atoms with van der Waals surface area (Å²) in [6.45, 7) is 5.37. The van der Waals surface area contributed by atoms with Crippen LogP contribution in [-0.4, -0.2) is 30.7 Å². The zero-order valence-electron chi connectivity index (χ0n) is 10.9. The van der Waals surface area contributed by atoms with Gasteiger partial charge in [-0.25, -0.2) is 0 Å². The van der Waals surface area contributed by atoms with Crippen LogP contribution in [0.3, 0.4) is 0 Å². The predicted octanol–water partition coefficient (Wildman–Crippen LogP) is 1.05. The molecule has 0 spiro atoms. The minimum absolute atomic E-state index is 0.0182. The van der Waals surface area contributed by atoms with Crippen LogP contribution in [0.15, 0.2) is 0 Å². The lowest BCUT2D eigenvalue weighted by molar-refractivity contribution is -0.128. The summed E-state index contributed by atoms with van der Waals surface area (Å²) in [4.78, 5) is 12.3. The minimum atomic E-state index is -0.210. The molecule has 0 bridgehead atoms. The first kappa shape index (κ1) is 12.8. The fourth-order valence-corrected chi connectivity index (χ4v) is 2.77. The SMILES string of the molecule is CCC1OCCC1C(=O)NC(C)(CN)C1CC1. The quantitative estimate of drug-likeness (QED) is 0.755. The van der Waals surface area contributed by atoms with Crippen LogP contribution >= 0.6 is 0 Å². The van der Waals surface area contributed by atoms with Crippen molar-refractivity contribution in [1.29, 1.82) is 0 Å². The Labute approximate surface area is 103 Å². The zero-order valence-corrected chi connectivity index (χ0v) is 10.9. The predicted molar refractivity (Wildman–Crippen MR) is 66.5 cm³/mol. The summed E-state index contributed by atoms with van der Waals surface area (Å²) < 4.78 is 5.57. The van der Waals surface area contributed by atoms with Gasteiger partial charge in [-0.2, -0.15) is 0 Å². The molecule has 1 amide bonds. The topological polar surface area (TPSA) is 64.3 Å². The van der Waals surface area contributed by atoms with E-state index in [1.54, 1.807) is 0 Å². The average Bonchev–Trinajstić information content (AvgIpc) is 3.07. The van der Waals surface area contributed by atoms with Gasteiger partial charge in [0.1, 0.15) is 0 Å². The summed E-state index contributed by atoms with van der Waals surface area (Å²) in [5.41, 5.74) is 5.61. The number of rotatable bonds is 5.